The number of piperidine rings is 1. The van der Waals surface area contributed by atoms with Gasteiger partial charge >= 0.3 is 0 Å². The molecule has 0 radical (unpaired) electrons. The quantitative estimate of drug-likeness (QED) is 0.415. The Morgan fingerprint density at radius 1 is 1.25 bits per heavy atom. The Kier molecular flexibility index (Phi) is 5.23. The normalized spacial score (nSPS) is 18.0. The predicted molar refractivity (Wildman–Crippen MR) is 110 cm³/mol. The topological polar surface area (TPSA) is 70.4 Å². The van der Waals surface area contributed by atoms with E-state index in [1.807, 2.05) is 30.3 Å². The number of imidazole rings is 1. The number of rotatable bonds is 4. The molecule has 3 aromatic rings. The number of fused-ring (bicyclic) bond motifs is 1. The van der Waals surface area contributed by atoms with Crippen molar-refractivity contribution < 1.29 is 10.0 Å². The zero-order chi connectivity index (χ0) is 19.5. The number of aromatic nitrogens is 2. The summed E-state index contributed by atoms with van der Waals surface area (Å²) in [7, 11) is 2.17. The van der Waals surface area contributed by atoms with Crippen LogP contribution in [0.2, 0.25) is 0 Å². The maximum atomic E-state index is 11.3. The highest BCUT2D eigenvalue weighted by Gasteiger charge is 2.24. The molecule has 2 N–H and O–H groups in total. The van der Waals surface area contributed by atoms with Crippen molar-refractivity contribution in [3.8, 4) is 11.4 Å². The summed E-state index contributed by atoms with van der Waals surface area (Å²) in [4.78, 5) is 18.6. The molecule has 0 spiro atoms. The lowest BCUT2D eigenvalue weighted by Crippen LogP contribution is -2.33. The van der Waals surface area contributed by atoms with E-state index < -0.39 is 5.91 Å². The molecule has 1 aliphatic rings. The van der Waals surface area contributed by atoms with E-state index in [1.54, 1.807) is 11.6 Å². The number of carbonyl (C=O) groups excluding carboxylic acids is 1. The summed E-state index contributed by atoms with van der Waals surface area (Å²) in [5, 5.41) is 8.66. The van der Waals surface area contributed by atoms with E-state index in [4.69, 9.17) is 10.2 Å². The van der Waals surface area contributed by atoms with Gasteiger partial charge in [0.15, 0.2) is 0 Å². The zero-order valence-electron chi connectivity index (χ0n) is 15.9. The number of para-hydroxylation sites is 2. The molecular formula is C22H24N4O2. The Bertz CT molecular complexity index is 1020. The summed E-state index contributed by atoms with van der Waals surface area (Å²) in [6.07, 6.45) is 5.29. The van der Waals surface area contributed by atoms with Crippen molar-refractivity contribution in [2.45, 2.75) is 18.9 Å². The molecule has 6 nitrogen and oxygen atoms in total. The number of hydroxylamine groups is 1. The zero-order valence-corrected chi connectivity index (χ0v) is 15.9. The fraction of sp³-hybridized carbons (Fsp3) is 0.273. The lowest BCUT2D eigenvalue weighted by Gasteiger charge is -2.32. The van der Waals surface area contributed by atoms with Crippen LogP contribution >= 0.6 is 0 Å². The summed E-state index contributed by atoms with van der Waals surface area (Å²) in [6, 6.07) is 16.6. The number of amides is 1. The molecule has 2 aromatic carbocycles. The lowest BCUT2D eigenvalue weighted by molar-refractivity contribution is -0.124. The van der Waals surface area contributed by atoms with Crippen LogP contribution in [0.25, 0.3) is 28.5 Å². The van der Waals surface area contributed by atoms with Crippen LogP contribution in [0.3, 0.4) is 0 Å². The van der Waals surface area contributed by atoms with E-state index in [2.05, 4.69) is 34.7 Å². The van der Waals surface area contributed by atoms with Crippen LogP contribution in [0, 0.1) is 0 Å². The van der Waals surface area contributed by atoms with Gasteiger partial charge in [0, 0.05) is 24.2 Å². The minimum Gasteiger partial charge on any atom is -0.320 e. The van der Waals surface area contributed by atoms with Crippen LogP contribution < -0.4 is 5.48 Å². The van der Waals surface area contributed by atoms with Crippen LogP contribution in [-0.2, 0) is 4.79 Å². The fourth-order valence-electron chi connectivity index (χ4n) is 3.96. The molecule has 1 aromatic heterocycles. The average Bonchev–Trinajstić information content (AvgIpc) is 3.12. The molecule has 1 atom stereocenters. The first kappa shape index (κ1) is 18.4. The molecule has 4 rings (SSSR count). The van der Waals surface area contributed by atoms with Crippen molar-refractivity contribution in [1.82, 2.24) is 19.9 Å². The van der Waals surface area contributed by atoms with Crippen LogP contribution in [-0.4, -0.2) is 45.7 Å². The molecule has 0 bridgehead atoms. The first-order chi connectivity index (χ1) is 13.7. The van der Waals surface area contributed by atoms with E-state index in [9.17, 15) is 4.79 Å². The van der Waals surface area contributed by atoms with Crippen LogP contribution in [0.4, 0.5) is 0 Å². The van der Waals surface area contributed by atoms with Gasteiger partial charge in [0.25, 0.3) is 5.91 Å². The van der Waals surface area contributed by atoms with Gasteiger partial charge < -0.3 is 9.47 Å². The number of hydrogen-bond donors (Lipinski definition) is 2. The monoisotopic (exact) mass is 376 g/mol. The smallest absolute Gasteiger partial charge is 0.267 e. The summed E-state index contributed by atoms with van der Waals surface area (Å²) in [6.45, 7) is 2.13. The number of nitrogens with zero attached hydrogens (tertiary/aromatic N) is 3. The molecule has 1 fully saturated rings. The first-order valence-corrected chi connectivity index (χ1v) is 9.54. The predicted octanol–water partition coefficient (Wildman–Crippen LogP) is 3.49. The van der Waals surface area contributed by atoms with Crippen LogP contribution in [0.1, 0.15) is 24.4 Å². The Balaban J connectivity index is 1.79. The number of likely N-dealkylation sites (tertiary alicyclic amines) is 1. The van der Waals surface area contributed by atoms with E-state index in [0.717, 1.165) is 47.5 Å². The summed E-state index contributed by atoms with van der Waals surface area (Å²) >= 11 is 0. The number of carbonyl (C=O) groups is 1. The number of likely N-dealkylation sites (N-methyl/N-ethyl adjacent to an activating group) is 1. The molecule has 2 heterocycles. The van der Waals surface area contributed by atoms with Gasteiger partial charge in [-0.25, -0.2) is 10.5 Å². The third-order valence-corrected chi connectivity index (χ3v) is 5.24. The van der Waals surface area contributed by atoms with Gasteiger partial charge in [0.2, 0.25) is 0 Å². The molecule has 0 saturated carbocycles. The molecule has 6 heteroatoms. The van der Waals surface area contributed by atoms with Crippen LogP contribution in [0.15, 0.2) is 54.6 Å². The molecule has 0 unspecified atom stereocenters. The summed E-state index contributed by atoms with van der Waals surface area (Å²) in [5.41, 5.74) is 5.64. The second kappa shape index (κ2) is 7.96. The minimum atomic E-state index is -0.553. The molecule has 1 aliphatic heterocycles. The minimum absolute atomic E-state index is 0.375. The highest BCUT2D eigenvalue weighted by Crippen LogP contribution is 2.32. The van der Waals surface area contributed by atoms with E-state index in [-0.39, 0.29) is 0 Å². The molecule has 28 heavy (non-hydrogen) atoms. The maximum absolute atomic E-state index is 11.3. The summed E-state index contributed by atoms with van der Waals surface area (Å²) < 4.78 is 2.37. The van der Waals surface area contributed by atoms with Gasteiger partial charge in [-0.2, -0.15) is 0 Å². The van der Waals surface area contributed by atoms with Gasteiger partial charge in [-0.1, -0.05) is 30.3 Å². The standard InChI is InChI=1S/C22H24N4O2/c1-25-13-5-8-18(15-25)26-20-10-3-2-9-19(20)23-22(26)17-7-4-6-16(14-17)11-12-21(27)24-28/h2-4,6-7,9-12,14,18,28H,5,8,13,15H2,1H3,(H,24,27)/t18-/m1/s1. The van der Waals surface area contributed by atoms with Gasteiger partial charge in [-0.05, 0) is 56.3 Å². The second-order valence-corrected chi connectivity index (χ2v) is 7.29. The van der Waals surface area contributed by atoms with Gasteiger partial charge in [-0.15, -0.1) is 0 Å². The highest BCUT2D eigenvalue weighted by molar-refractivity contribution is 5.91. The van der Waals surface area contributed by atoms with Crippen molar-refractivity contribution in [2.75, 3.05) is 20.1 Å². The number of nitrogens with one attached hydrogen (secondary N) is 1. The van der Waals surface area contributed by atoms with Crippen molar-refractivity contribution >= 4 is 23.0 Å². The first-order valence-electron chi connectivity index (χ1n) is 9.54. The average molecular weight is 376 g/mol. The van der Waals surface area contributed by atoms with Crippen LogP contribution in [0.5, 0.6) is 0 Å². The second-order valence-electron chi connectivity index (χ2n) is 7.29. The van der Waals surface area contributed by atoms with E-state index >= 15 is 0 Å². The summed E-state index contributed by atoms with van der Waals surface area (Å²) in [5.74, 6) is 0.395. The van der Waals surface area contributed by atoms with E-state index in [0.29, 0.717) is 6.04 Å². The third-order valence-electron chi connectivity index (χ3n) is 5.24. The molecular weight excluding hydrogens is 352 g/mol. The number of hydrogen-bond acceptors (Lipinski definition) is 4. The van der Waals surface area contributed by atoms with Gasteiger partial charge in [0.05, 0.1) is 11.0 Å². The molecule has 1 amide bonds. The van der Waals surface area contributed by atoms with Crippen molar-refractivity contribution in [1.29, 1.82) is 0 Å². The van der Waals surface area contributed by atoms with Crippen molar-refractivity contribution in [2.24, 2.45) is 0 Å². The Hall–Kier alpha value is -2.96. The Morgan fingerprint density at radius 3 is 2.93 bits per heavy atom. The maximum Gasteiger partial charge on any atom is 0.267 e. The van der Waals surface area contributed by atoms with Gasteiger partial charge in [-0.3, -0.25) is 10.0 Å². The highest BCUT2D eigenvalue weighted by atomic mass is 16.5. The fourth-order valence-corrected chi connectivity index (χ4v) is 3.96. The Labute approximate surface area is 164 Å². The molecule has 1 saturated heterocycles. The largest absolute Gasteiger partial charge is 0.320 e. The Morgan fingerprint density at radius 2 is 2.11 bits per heavy atom. The van der Waals surface area contributed by atoms with Crippen molar-refractivity contribution in [3.63, 3.8) is 0 Å². The third kappa shape index (κ3) is 3.69. The molecule has 144 valence electrons. The van der Waals surface area contributed by atoms with Crippen molar-refractivity contribution in [3.05, 3.63) is 60.2 Å². The molecule has 0 aliphatic carbocycles. The van der Waals surface area contributed by atoms with Gasteiger partial charge in [0.1, 0.15) is 5.82 Å². The van der Waals surface area contributed by atoms with E-state index in [1.165, 1.54) is 12.5 Å². The lowest BCUT2D eigenvalue weighted by atomic mass is 10.0. The SMILES string of the molecule is CN1CCC[C@@H](n2c(-c3cccc(C=CC(=O)NO)c3)nc3ccccc32)C1. The number of benzene rings is 2.